The fraction of sp³-hybridized carbons (Fsp3) is 0.714. The number of rotatable bonds is 2. The Labute approximate surface area is 75.8 Å². The predicted molar refractivity (Wildman–Crippen MR) is 43.6 cm³/mol. The Bertz CT molecular complexity index is 162. The monoisotopic (exact) mass is 194 g/mol. The van der Waals surface area contributed by atoms with Crippen molar-refractivity contribution in [2.45, 2.75) is 33.0 Å². The molecule has 0 aliphatic heterocycles. The van der Waals surface area contributed by atoms with Crippen LogP contribution in [-0.4, -0.2) is 39.7 Å². The number of hydrogen-bond donors (Lipinski definition) is 3. The maximum Gasteiger partial charge on any atom is 0.506 e. The van der Waals surface area contributed by atoms with Gasteiger partial charge in [-0.2, -0.15) is 0 Å². The fourth-order valence-electron chi connectivity index (χ4n) is 0.202. The zero-order valence-corrected chi connectivity index (χ0v) is 7.72. The summed E-state index contributed by atoms with van der Waals surface area (Å²) >= 11 is 0. The van der Waals surface area contributed by atoms with Crippen LogP contribution in [-0.2, 0) is 9.53 Å². The highest BCUT2D eigenvalue weighted by atomic mass is 16.7. The molecular weight excluding hydrogens is 180 g/mol. The first-order chi connectivity index (χ1) is 5.77. The zero-order valence-electron chi connectivity index (χ0n) is 7.72. The lowest BCUT2D eigenvalue weighted by Crippen LogP contribution is -2.13. The molecule has 3 N–H and O–H groups in total. The second kappa shape index (κ2) is 7.35. The summed E-state index contributed by atoms with van der Waals surface area (Å²) in [6.45, 7) is 4.52. The minimum absolute atomic E-state index is 0.225. The summed E-state index contributed by atoms with van der Waals surface area (Å²) in [5.41, 5.74) is 0. The molecule has 0 saturated heterocycles. The van der Waals surface area contributed by atoms with Crippen molar-refractivity contribution in [3.63, 3.8) is 0 Å². The first-order valence-electron chi connectivity index (χ1n) is 3.57. The number of aliphatic hydroxyl groups excluding tert-OH is 1. The maximum absolute atomic E-state index is 9.59. The Balaban J connectivity index is 0. The Morgan fingerprint density at radius 2 is 1.46 bits per heavy atom. The Morgan fingerprint density at radius 3 is 1.46 bits per heavy atom. The van der Waals surface area contributed by atoms with Crippen LogP contribution in [0.25, 0.3) is 0 Å². The van der Waals surface area contributed by atoms with E-state index in [9.17, 15) is 9.59 Å². The van der Waals surface area contributed by atoms with Crippen molar-refractivity contribution in [3.8, 4) is 0 Å². The predicted octanol–water partition coefficient (Wildman–Crippen LogP) is 0.541. The number of aliphatic carboxylic acids is 1. The highest BCUT2D eigenvalue weighted by molar-refractivity contribution is 5.71. The van der Waals surface area contributed by atoms with Crippen molar-refractivity contribution < 1.29 is 29.6 Å². The SMILES string of the molecule is CC(C)OC(=O)O.CC(O)C(=O)O. The molecule has 0 radical (unpaired) electrons. The quantitative estimate of drug-likeness (QED) is 0.554. The van der Waals surface area contributed by atoms with E-state index in [1.807, 2.05) is 0 Å². The molecule has 78 valence electrons. The van der Waals surface area contributed by atoms with Crippen molar-refractivity contribution >= 4 is 12.1 Å². The molecule has 0 aromatic rings. The second-order valence-corrected chi connectivity index (χ2v) is 2.45. The Morgan fingerprint density at radius 1 is 1.15 bits per heavy atom. The van der Waals surface area contributed by atoms with Gasteiger partial charge in [-0.15, -0.1) is 0 Å². The zero-order chi connectivity index (χ0) is 11.0. The lowest BCUT2D eigenvalue weighted by Gasteiger charge is -1.99. The lowest BCUT2D eigenvalue weighted by atomic mass is 10.4. The largest absolute Gasteiger partial charge is 0.506 e. The van der Waals surface area contributed by atoms with Crippen LogP contribution < -0.4 is 0 Å². The van der Waals surface area contributed by atoms with Crippen LogP contribution in [0.3, 0.4) is 0 Å². The highest BCUT2D eigenvalue weighted by Crippen LogP contribution is 1.85. The fourth-order valence-corrected chi connectivity index (χ4v) is 0.202. The van der Waals surface area contributed by atoms with Gasteiger partial charge in [0, 0.05) is 0 Å². The summed E-state index contributed by atoms with van der Waals surface area (Å²) in [5, 5.41) is 23.6. The van der Waals surface area contributed by atoms with Gasteiger partial charge in [-0.1, -0.05) is 0 Å². The third kappa shape index (κ3) is 18.0. The average Bonchev–Trinajstić information content (AvgIpc) is 1.84. The number of aliphatic hydroxyl groups is 1. The molecule has 0 amide bonds. The van der Waals surface area contributed by atoms with Crippen molar-refractivity contribution in [2.75, 3.05) is 0 Å². The van der Waals surface area contributed by atoms with E-state index in [4.69, 9.17) is 15.3 Å². The smallest absolute Gasteiger partial charge is 0.479 e. The van der Waals surface area contributed by atoms with E-state index in [1.54, 1.807) is 13.8 Å². The maximum atomic E-state index is 9.59. The average molecular weight is 194 g/mol. The number of carboxylic acids is 1. The van der Waals surface area contributed by atoms with Gasteiger partial charge in [0.1, 0.15) is 6.10 Å². The number of hydrogen-bond acceptors (Lipinski definition) is 4. The van der Waals surface area contributed by atoms with Gasteiger partial charge in [-0.05, 0) is 20.8 Å². The molecule has 13 heavy (non-hydrogen) atoms. The number of carbonyl (C=O) groups is 2. The van der Waals surface area contributed by atoms with Crippen LogP contribution in [0.1, 0.15) is 20.8 Å². The molecule has 0 rings (SSSR count). The molecule has 0 heterocycles. The van der Waals surface area contributed by atoms with Gasteiger partial charge in [0.15, 0.2) is 0 Å². The van der Waals surface area contributed by atoms with E-state index in [0.29, 0.717) is 0 Å². The van der Waals surface area contributed by atoms with E-state index in [2.05, 4.69) is 4.74 Å². The first-order valence-corrected chi connectivity index (χ1v) is 3.57. The van der Waals surface area contributed by atoms with Gasteiger partial charge in [0.05, 0.1) is 6.10 Å². The van der Waals surface area contributed by atoms with Crippen LogP contribution in [0, 0.1) is 0 Å². The Hall–Kier alpha value is -1.30. The molecule has 6 heteroatoms. The summed E-state index contributed by atoms with van der Waals surface area (Å²) in [4.78, 5) is 19.0. The minimum Gasteiger partial charge on any atom is -0.479 e. The van der Waals surface area contributed by atoms with E-state index >= 15 is 0 Å². The highest BCUT2D eigenvalue weighted by Gasteiger charge is 2.01. The standard InChI is InChI=1S/C4H8O3.C3H6O3/c1-3(2)7-4(5)6;1-2(4)3(5)6/h3H,1-2H3,(H,5,6);2,4H,1H3,(H,5,6). The number of carboxylic acid groups (broad SMARTS) is 2. The van der Waals surface area contributed by atoms with Crippen molar-refractivity contribution in [2.24, 2.45) is 0 Å². The van der Waals surface area contributed by atoms with Crippen LogP contribution >= 0.6 is 0 Å². The molecule has 0 aromatic heterocycles. The molecule has 0 aliphatic rings. The van der Waals surface area contributed by atoms with Crippen LogP contribution in [0.2, 0.25) is 0 Å². The molecule has 0 saturated carbocycles. The molecule has 1 unspecified atom stereocenters. The minimum atomic E-state index is -1.23. The van der Waals surface area contributed by atoms with E-state index in [1.165, 1.54) is 6.92 Å². The van der Waals surface area contributed by atoms with Crippen LogP contribution in [0.15, 0.2) is 0 Å². The molecule has 1 atom stereocenters. The lowest BCUT2D eigenvalue weighted by molar-refractivity contribution is -0.145. The van der Waals surface area contributed by atoms with Gasteiger partial charge in [-0.25, -0.2) is 9.59 Å². The molecule has 0 aliphatic carbocycles. The molecule has 0 aromatic carbocycles. The Kier molecular flexibility index (Phi) is 8.05. The second-order valence-electron chi connectivity index (χ2n) is 2.45. The van der Waals surface area contributed by atoms with Gasteiger partial charge >= 0.3 is 12.1 Å². The van der Waals surface area contributed by atoms with E-state index in [-0.39, 0.29) is 6.10 Å². The third-order valence-corrected chi connectivity index (χ3v) is 0.694. The first kappa shape index (κ1) is 14.2. The van der Waals surface area contributed by atoms with Gasteiger partial charge in [0.2, 0.25) is 0 Å². The van der Waals surface area contributed by atoms with Crippen LogP contribution in [0.5, 0.6) is 0 Å². The summed E-state index contributed by atoms with van der Waals surface area (Å²) in [6.07, 6.45) is -2.67. The summed E-state index contributed by atoms with van der Waals surface area (Å²) in [5.74, 6) is -1.19. The normalized spacial score (nSPS) is 11.2. The summed E-state index contributed by atoms with van der Waals surface area (Å²) in [7, 11) is 0. The van der Waals surface area contributed by atoms with Crippen molar-refractivity contribution in [1.82, 2.24) is 0 Å². The topological polar surface area (TPSA) is 104 Å². The molecule has 0 bridgehead atoms. The van der Waals surface area contributed by atoms with Crippen molar-refractivity contribution in [1.29, 1.82) is 0 Å². The summed E-state index contributed by atoms with van der Waals surface area (Å²) in [6, 6.07) is 0. The number of ether oxygens (including phenoxy) is 1. The van der Waals surface area contributed by atoms with Crippen molar-refractivity contribution in [3.05, 3.63) is 0 Å². The molecule has 0 fully saturated rings. The molecule has 6 nitrogen and oxygen atoms in total. The van der Waals surface area contributed by atoms with Gasteiger partial charge < -0.3 is 20.1 Å². The molecule has 0 spiro atoms. The summed E-state index contributed by atoms with van der Waals surface area (Å²) < 4.78 is 4.17. The van der Waals surface area contributed by atoms with Crippen LogP contribution in [0.4, 0.5) is 4.79 Å². The van der Waals surface area contributed by atoms with Gasteiger partial charge in [0.25, 0.3) is 0 Å². The van der Waals surface area contributed by atoms with E-state index < -0.39 is 18.2 Å². The molecular formula is C7H14O6. The third-order valence-electron chi connectivity index (χ3n) is 0.694. The van der Waals surface area contributed by atoms with E-state index in [0.717, 1.165) is 0 Å². The van der Waals surface area contributed by atoms with Gasteiger partial charge in [-0.3, -0.25) is 0 Å².